The zero-order chi connectivity index (χ0) is 10.9. The Balaban J connectivity index is 2.66. The molecule has 7 nitrogen and oxygen atoms in total. The molecule has 0 amide bonds. The third kappa shape index (κ3) is 1.86. The van der Waals surface area contributed by atoms with Crippen molar-refractivity contribution >= 4 is 5.97 Å². The third-order valence-corrected chi connectivity index (χ3v) is 2.07. The average Bonchev–Trinajstić information content (AvgIpc) is 2.43. The Morgan fingerprint density at radius 1 is 1.36 bits per heavy atom. The van der Waals surface area contributed by atoms with Crippen LogP contribution in [-0.2, 0) is 9.53 Å². The van der Waals surface area contributed by atoms with E-state index in [0.29, 0.717) is 0 Å². The molecule has 0 aliphatic carbocycles. The van der Waals surface area contributed by atoms with Gasteiger partial charge in [0.15, 0.2) is 12.2 Å². The van der Waals surface area contributed by atoms with Crippen molar-refractivity contribution in [1.29, 1.82) is 0 Å². The van der Waals surface area contributed by atoms with Crippen LogP contribution in [0.4, 0.5) is 0 Å². The van der Waals surface area contributed by atoms with E-state index in [1.165, 1.54) is 0 Å². The lowest BCUT2D eigenvalue weighted by Crippen LogP contribution is -2.46. The van der Waals surface area contributed by atoms with Gasteiger partial charge in [-0.15, -0.1) is 0 Å². The first-order valence-corrected chi connectivity index (χ1v) is 4.02. The number of aliphatic hydroxyl groups is 5. The molecule has 0 radical (unpaired) electrons. The van der Waals surface area contributed by atoms with Gasteiger partial charge in [-0.3, -0.25) is 0 Å². The summed E-state index contributed by atoms with van der Waals surface area (Å²) in [4.78, 5) is 10.7. The highest BCUT2D eigenvalue weighted by atomic mass is 16.6. The fraction of sp³-hybridized carbons (Fsp3) is 0.857. The molecule has 1 fully saturated rings. The molecule has 1 rings (SSSR count). The third-order valence-electron chi connectivity index (χ3n) is 2.07. The van der Waals surface area contributed by atoms with Gasteiger partial charge in [-0.05, 0) is 0 Å². The molecule has 14 heavy (non-hydrogen) atoms. The van der Waals surface area contributed by atoms with E-state index in [9.17, 15) is 15.0 Å². The van der Waals surface area contributed by atoms with Crippen molar-refractivity contribution in [3.05, 3.63) is 0 Å². The summed E-state index contributed by atoms with van der Waals surface area (Å²) in [7, 11) is 0. The molecule has 1 unspecified atom stereocenters. The van der Waals surface area contributed by atoms with Crippen LogP contribution in [0.15, 0.2) is 0 Å². The van der Waals surface area contributed by atoms with E-state index in [4.69, 9.17) is 15.3 Å². The summed E-state index contributed by atoms with van der Waals surface area (Å²) >= 11 is 0. The molecule has 5 N–H and O–H groups in total. The summed E-state index contributed by atoms with van der Waals surface area (Å²) in [6, 6.07) is 0. The highest BCUT2D eigenvalue weighted by Gasteiger charge is 2.47. The molecule has 7 heteroatoms. The minimum atomic E-state index is -1.72. The number of hydrogen-bond acceptors (Lipinski definition) is 7. The molecule has 0 bridgehead atoms. The van der Waals surface area contributed by atoms with E-state index in [0.717, 1.165) is 0 Å². The first kappa shape index (κ1) is 11.3. The van der Waals surface area contributed by atoms with Crippen LogP contribution >= 0.6 is 0 Å². The maximum Gasteiger partial charge on any atom is 0.338 e. The SMILES string of the molecule is O=C1OC([C@@H](O)[C@@H](O)CO)[C@H](O)[C@@H]1O. The van der Waals surface area contributed by atoms with E-state index in [-0.39, 0.29) is 0 Å². The van der Waals surface area contributed by atoms with Crippen molar-refractivity contribution in [2.24, 2.45) is 0 Å². The van der Waals surface area contributed by atoms with Gasteiger partial charge in [-0.25, -0.2) is 4.79 Å². The van der Waals surface area contributed by atoms with Crippen molar-refractivity contribution in [3.8, 4) is 0 Å². The maximum absolute atomic E-state index is 10.7. The number of carbonyl (C=O) groups is 1. The Bertz CT molecular complexity index is 218. The number of esters is 1. The van der Waals surface area contributed by atoms with Gasteiger partial charge < -0.3 is 30.3 Å². The lowest BCUT2D eigenvalue weighted by molar-refractivity contribution is -0.155. The highest BCUT2D eigenvalue weighted by molar-refractivity contribution is 5.77. The Morgan fingerprint density at radius 3 is 2.29 bits per heavy atom. The Hall–Kier alpha value is -0.730. The number of cyclic esters (lactones) is 1. The molecule has 5 atom stereocenters. The number of aliphatic hydroxyl groups excluding tert-OH is 5. The van der Waals surface area contributed by atoms with Crippen LogP contribution in [0, 0.1) is 0 Å². The topological polar surface area (TPSA) is 127 Å². The first-order valence-electron chi connectivity index (χ1n) is 4.02. The molecule has 1 aliphatic heterocycles. The van der Waals surface area contributed by atoms with Gasteiger partial charge in [0.2, 0.25) is 0 Å². The standard InChI is InChI=1S/C7H12O7/c8-1-2(9)3(10)6-4(11)5(12)7(13)14-6/h2-6,8-12H,1H2/t2-,3-,4+,5-,6?/m0/s1. The minimum Gasteiger partial charge on any atom is -0.455 e. The fourth-order valence-electron chi connectivity index (χ4n) is 1.19. The quantitative estimate of drug-likeness (QED) is 0.302. The van der Waals surface area contributed by atoms with Crippen LogP contribution in [0.5, 0.6) is 0 Å². The molecule has 0 aromatic heterocycles. The summed E-state index contributed by atoms with van der Waals surface area (Å²) in [5, 5.41) is 44.9. The van der Waals surface area contributed by atoms with Crippen LogP contribution in [0.3, 0.4) is 0 Å². The molecule has 0 saturated carbocycles. The van der Waals surface area contributed by atoms with Gasteiger partial charge in [0, 0.05) is 0 Å². The summed E-state index contributed by atoms with van der Waals surface area (Å²) in [6.07, 6.45) is -7.90. The summed E-state index contributed by atoms with van der Waals surface area (Å²) in [5.41, 5.74) is 0. The predicted octanol–water partition coefficient (Wildman–Crippen LogP) is -3.65. The van der Waals surface area contributed by atoms with Crippen molar-refractivity contribution in [2.45, 2.75) is 30.5 Å². The van der Waals surface area contributed by atoms with Crippen molar-refractivity contribution in [3.63, 3.8) is 0 Å². The Kier molecular flexibility index (Phi) is 3.40. The van der Waals surface area contributed by atoms with Crippen LogP contribution in [0.1, 0.15) is 0 Å². The smallest absolute Gasteiger partial charge is 0.338 e. The highest BCUT2D eigenvalue weighted by Crippen LogP contribution is 2.20. The van der Waals surface area contributed by atoms with E-state index in [1.807, 2.05) is 0 Å². The number of ether oxygens (including phenoxy) is 1. The molecule has 82 valence electrons. The Labute approximate surface area is 79.2 Å². The summed E-state index contributed by atoms with van der Waals surface area (Å²) in [6.45, 7) is -0.738. The van der Waals surface area contributed by atoms with E-state index in [2.05, 4.69) is 4.74 Å². The Morgan fingerprint density at radius 2 is 1.93 bits per heavy atom. The molecule has 0 spiro atoms. The maximum atomic E-state index is 10.7. The zero-order valence-corrected chi connectivity index (χ0v) is 7.15. The number of hydrogen-bond donors (Lipinski definition) is 5. The molecule has 1 saturated heterocycles. The molecule has 1 heterocycles. The molecule has 0 aromatic rings. The van der Waals surface area contributed by atoms with Crippen molar-refractivity contribution < 1.29 is 35.1 Å². The molecule has 0 aromatic carbocycles. The second kappa shape index (κ2) is 4.20. The number of rotatable bonds is 3. The first-order chi connectivity index (χ1) is 6.49. The van der Waals surface area contributed by atoms with Crippen molar-refractivity contribution in [1.82, 2.24) is 0 Å². The normalized spacial score (nSPS) is 36.6. The second-order valence-electron chi connectivity index (χ2n) is 3.08. The van der Waals surface area contributed by atoms with Gasteiger partial charge in [0.05, 0.1) is 6.61 Å². The molecular weight excluding hydrogens is 196 g/mol. The average molecular weight is 208 g/mol. The zero-order valence-electron chi connectivity index (χ0n) is 7.15. The van der Waals surface area contributed by atoms with E-state index >= 15 is 0 Å². The molecular formula is C7H12O7. The number of carbonyl (C=O) groups excluding carboxylic acids is 1. The lowest BCUT2D eigenvalue weighted by atomic mass is 10.0. The summed E-state index contributed by atoms with van der Waals surface area (Å²) < 4.78 is 4.41. The molecule has 1 aliphatic rings. The van der Waals surface area contributed by atoms with Crippen LogP contribution in [-0.4, -0.2) is 68.6 Å². The second-order valence-corrected chi connectivity index (χ2v) is 3.08. The van der Waals surface area contributed by atoms with Gasteiger partial charge in [-0.1, -0.05) is 0 Å². The lowest BCUT2D eigenvalue weighted by Gasteiger charge is -2.23. The predicted molar refractivity (Wildman–Crippen MR) is 41.0 cm³/mol. The van der Waals surface area contributed by atoms with Crippen LogP contribution in [0.2, 0.25) is 0 Å². The van der Waals surface area contributed by atoms with E-state index < -0.39 is 43.1 Å². The van der Waals surface area contributed by atoms with Crippen LogP contribution < -0.4 is 0 Å². The largest absolute Gasteiger partial charge is 0.455 e. The van der Waals surface area contributed by atoms with Gasteiger partial charge in [0.25, 0.3) is 0 Å². The monoisotopic (exact) mass is 208 g/mol. The van der Waals surface area contributed by atoms with Crippen molar-refractivity contribution in [2.75, 3.05) is 6.61 Å². The summed E-state index contributed by atoms with van der Waals surface area (Å²) in [5.74, 6) is -1.06. The van der Waals surface area contributed by atoms with Crippen LogP contribution in [0.25, 0.3) is 0 Å². The van der Waals surface area contributed by atoms with Gasteiger partial charge in [-0.2, -0.15) is 0 Å². The van der Waals surface area contributed by atoms with E-state index in [1.54, 1.807) is 0 Å². The van der Waals surface area contributed by atoms with Gasteiger partial charge >= 0.3 is 5.97 Å². The minimum absolute atomic E-state index is 0.738. The fourth-order valence-corrected chi connectivity index (χ4v) is 1.19. The van der Waals surface area contributed by atoms with Gasteiger partial charge in [0.1, 0.15) is 18.3 Å².